The molecule has 1 aromatic carbocycles. The summed E-state index contributed by atoms with van der Waals surface area (Å²) in [5.41, 5.74) is -0.188. The van der Waals surface area contributed by atoms with Crippen LogP contribution in [0, 0.1) is 12.7 Å². The number of aromatic amines is 1. The number of ether oxygens (including phenoxy) is 1. The molecular formula is C11H12FN3O3S. The number of H-pyrrole nitrogens is 1. The van der Waals surface area contributed by atoms with Crippen LogP contribution in [-0.2, 0) is 10.0 Å². The Labute approximate surface area is 109 Å². The first kappa shape index (κ1) is 13.3. The van der Waals surface area contributed by atoms with Crippen molar-refractivity contribution in [2.75, 3.05) is 11.8 Å². The Morgan fingerprint density at radius 3 is 2.74 bits per heavy atom. The number of anilines is 1. The van der Waals surface area contributed by atoms with Crippen molar-refractivity contribution in [1.29, 1.82) is 0 Å². The zero-order valence-electron chi connectivity index (χ0n) is 10.3. The van der Waals surface area contributed by atoms with Gasteiger partial charge in [0.25, 0.3) is 10.0 Å². The van der Waals surface area contributed by atoms with Crippen LogP contribution in [0.25, 0.3) is 0 Å². The van der Waals surface area contributed by atoms with Gasteiger partial charge in [-0.25, -0.2) is 9.37 Å². The number of nitrogens with one attached hydrogen (secondary N) is 2. The lowest BCUT2D eigenvalue weighted by Gasteiger charge is -2.08. The van der Waals surface area contributed by atoms with Gasteiger partial charge in [-0.1, -0.05) is 0 Å². The number of aryl methyl sites for hydroxylation is 1. The van der Waals surface area contributed by atoms with Crippen LogP contribution >= 0.6 is 0 Å². The highest BCUT2D eigenvalue weighted by Gasteiger charge is 2.18. The van der Waals surface area contributed by atoms with E-state index in [1.165, 1.54) is 19.2 Å². The minimum Gasteiger partial charge on any atom is -0.497 e. The summed E-state index contributed by atoms with van der Waals surface area (Å²) in [6.07, 6.45) is 1.16. The molecule has 0 saturated heterocycles. The second-order valence-corrected chi connectivity index (χ2v) is 5.43. The number of hydrogen-bond acceptors (Lipinski definition) is 4. The smallest absolute Gasteiger partial charge is 0.279 e. The zero-order valence-corrected chi connectivity index (χ0v) is 11.1. The van der Waals surface area contributed by atoms with Gasteiger partial charge in [0.15, 0.2) is 5.03 Å². The third kappa shape index (κ3) is 2.84. The van der Waals surface area contributed by atoms with E-state index in [-0.39, 0.29) is 10.7 Å². The van der Waals surface area contributed by atoms with Gasteiger partial charge < -0.3 is 9.72 Å². The fraction of sp³-hybridized carbons (Fsp3) is 0.182. The fourth-order valence-corrected chi connectivity index (χ4v) is 2.47. The maximum atomic E-state index is 13.5. The number of benzene rings is 1. The van der Waals surface area contributed by atoms with E-state index in [1.54, 1.807) is 6.92 Å². The molecular weight excluding hydrogens is 273 g/mol. The first-order chi connectivity index (χ1) is 8.92. The van der Waals surface area contributed by atoms with Gasteiger partial charge in [0.05, 0.1) is 19.0 Å². The van der Waals surface area contributed by atoms with E-state index < -0.39 is 15.8 Å². The highest BCUT2D eigenvalue weighted by Crippen LogP contribution is 2.23. The number of hydrogen-bond donors (Lipinski definition) is 2. The highest BCUT2D eigenvalue weighted by atomic mass is 32.2. The number of halogens is 1. The Hall–Kier alpha value is -2.09. The molecule has 6 nitrogen and oxygen atoms in total. The largest absolute Gasteiger partial charge is 0.497 e. The van der Waals surface area contributed by atoms with Crippen molar-refractivity contribution >= 4 is 15.7 Å². The molecule has 0 atom stereocenters. The van der Waals surface area contributed by atoms with Gasteiger partial charge in [-0.3, -0.25) is 4.72 Å². The predicted octanol–water partition coefficient (Wildman–Crippen LogP) is 1.67. The van der Waals surface area contributed by atoms with Crippen LogP contribution in [0.5, 0.6) is 5.75 Å². The first-order valence-corrected chi connectivity index (χ1v) is 6.78. The van der Waals surface area contributed by atoms with Crippen molar-refractivity contribution < 1.29 is 17.5 Å². The molecule has 19 heavy (non-hydrogen) atoms. The first-order valence-electron chi connectivity index (χ1n) is 5.30. The summed E-state index contributed by atoms with van der Waals surface area (Å²) in [6, 6.07) is 3.78. The van der Waals surface area contributed by atoms with Crippen LogP contribution in [0.15, 0.2) is 29.4 Å². The van der Waals surface area contributed by atoms with Crippen molar-refractivity contribution in [3.05, 3.63) is 36.0 Å². The Bertz CT molecular complexity index is 697. The summed E-state index contributed by atoms with van der Waals surface area (Å²) in [7, 11) is -2.50. The van der Waals surface area contributed by atoms with Crippen LogP contribution < -0.4 is 9.46 Å². The molecule has 0 radical (unpaired) electrons. The topological polar surface area (TPSA) is 84.1 Å². The van der Waals surface area contributed by atoms with Crippen LogP contribution in [0.3, 0.4) is 0 Å². The van der Waals surface area contributed by atoms with Crippen molar-refractivity contribution in [3.63, 3.8) is 0 Å². The molecule has 0 fully saturated rings. The van der Waals surface area contributed by atoms with Gasteiger partial charge in [-0.15, -0.1) is 0 Å². The molecule has 8 heteroatoms. The summed E-state index contributed by atoms with van der Waals surface area (Å²) < 4.78 is 44.6. The molecule has 1 aromatic heterocycles. The van der Waals surface area contributed by atoms with E-state index in [1.807, 2.05) is 0 Å². The van der Waals surface area contributed by atoms with Crippen LogP contribution in [0.2, 0.25) is 0 Å². The van der Waals surface area contributed by atoms with Crippen LogP contribution in [-0.4, -0.2) is 25.5 Å². The average molecular weight is 285 g/mol. The lowest BCUT2D eigenvalue weighted by atomic mass is 10.3. The molecule has 102 valence electrons. The number of rotatable bonds is 4. The molecule has 0 saturated carbocycles. The van der Waals surface area contributed by atoms with Gasteiger partial charge in [0, 0.05) is 6.07 Å². The van der Waals surface area contributed by atoms with Crippen molar-refractivity contribution in [3.8, 4) is 5.75 Å². The van der Waals surface area contributed by atoms with Gasteiger partial charge in [0.1, 0.15) is 17.4 Å². The average Bonchev–Trinajstić information content (AvgIpc) is 2.79. The monoisotopic (exact) mass is 285 g/mol. The Kier molecular flexibility index (Phi) is 3.43. The molecule has 2 rings (SSSR count). The number of nitrogens with zero attached hydrogens (tertiary/aromatic N) is 1. The van der Waals surface area contributed by atoms with Gasteiger partial charge >= 0.3 is 0 Å². The summed E-state index contributed by atoms with van der Waals surface area (Å²) in [5, 5.41) is -0.132. The third-order valence-corrected chi connectivity index (χ3v) is 3.66. The van der Waals surface area contributed by atoms with Gasteiger partial charge in [0.2, 0.25) is 0 Å². The normalized spacial score (nSPS) is 11.3. The highest BCUT2D eigenvalue weighted by molar-refractivity contribution is 7.92. The molecule has 0 aliphatic heterocycles. The molecule has 0 aliphatic carbocycles. The Morgan fingerprint density at radius 2 is 2.16 bits per heavy atom. The van der Waals surface area contributed by atoms with E-state index in [0.29, 0.717) is 11.6 Å². The second kappa shape index (κ2) is 4.88. The molecule has 0 unspecified atom stereocenters. The third-order valence-electron chi connectivity index (χ3n) is 2.39. The number of methoxy groups -OCH3 is 1. The van der Waals surface area contributed by atoms with Crippen molar-refractivity contribution in [2.45, 2.75) is 11.9 Å². The van der Waals surface area contributed by atoms with E-state index in [0.717, 1.165) is 12.3 Å². The predicted molar refractivity (Wildman–Crippen MR) is 67.1 cm³/mol. The maximum Gasteiger partial charge on any atom is 0.279 e. The number of aromatic nitrogens is 2. The molecule has 2 N–H and O–H groups in total. The summed E-state index contributed by atoms with van der Waals surface area (Å²) in [5.74, 6) is 0.104. The molecule has 2 aromatic rings. The second-order valence-electron chi connectivity index (χ2n) is 3.78. The van der Waals surface area contributed by atoms with Crippen LogP contribution in [0.1, 0.15) is 5.82 Å². The van der Waals surface area contributed by atoms with Crippen LogP contribution in [0.4, 0.5) is 10.1 Å². The maximum absolute atomic E-state index is 13.5. The summed E-state index contributed by atoms with van der Waals surface area (Å²) >= 11 is 0. The summed E-state index contributed by atoms with van der Waals surface area (Å²) in [4.78, 5) is 6.36. The van der Waals surface area contributed by atoms with E-state index in [9.17, 15) is 12.8 Å². The van der Waals surface area contributed by atoms with E-state index >= 15 is 0 Å². The van der Waals surface area contributed by atoms with Crippen molar-refractivity contribution in [1.82, 2.24) is 9.97 Å². The minimum atomic E-state index is -3.90. The Morgan fingerprint density at radius 1 is 1.42 bits per heavy atom. The fourth-order valence-electron chi connectivity index (χ4n) is 1.44. The molecule has 0 aliphatic rings. The van der Waals surface area contributed by atoms with Gasteiger partial charge in [-0.05, 0) is 19.1 Å². The molecule has 0 spiro atoms. The molecule has 1 heterocycles. The number of sulfonamides is 1. The Balaban J connectivity index is 2.35. The lowest BCUT2D eigenvalue weighted by molar-refractivity contribution is 0.414. The number of imidazole rings is 1. The van der Waals surface area contributed by atoms with Gasteiger partial charge in [-0.2, -0.15) is 8.42 Å². The summed E-state index contributed by atoms with van der Waals surface area (Å²) in [6.45, 7) is 1.62. The molecule has 0 bridgehead atoms. The lowest BCUT2D eigenvalue weighted by Crippen LogP contribution is -2.14. The minimum absolute atomic E-state index is 0.132. The van der Waals surface area contributed by atoms with Crippen molar-refractivity contribution in [2.24, 2.45) is 0 Å². The SMILES string of the molecule is COc1ccc(F)c(NS(=O)(=O)c2cnc(C)[nH]2)c1. The standard InChI is InChI=1S/C11H12FN3O3S/c1-7-13-6-11(14-7)19(16,17)15-10-5-8(18-2)3-4-9(10)12/h3-6,15H,1-2H3,(H,13,14). The van der Waals surface area contributed by atoms with E-state index in [4.69, 9.17) is 4.74 Å². The quantitative estimate of drug-likeness (QED) is 0.895. The zero-order chi connectivity index (χ0) is 14.0. The molecule has 0 amide bonds. The van der Waals surface area contributed by atoms with E-state index in [2.05, 4.69) is 14.7 Å².